The first-order valence-corrected chi connectivity index (χ1v) is 26.7. The lowest BCUT2D eigenvalue weighted by Gasteiger charge is -2.44. The number of piperazine rings is 2. The lowest BCUT2D eigenvalue weighted by molar-refractivity contribution is -0.149. The molecule has 4 aromatic carbocycles. The fraction of sp³-hybridized carbons (Fsp3) is 0.361. The zero-order chi connectivity index (χ0) is 58.1. The third-order valence-electron chi connectivity index (χ3n) is 13.2. The van der Waals surface area contributed by atoms with E-state index in [0.29, 0.717) is 47.9 Å². The minimum Gasteiger partial charge on any atom is -0.487 e. The number of nitrogens with one attached hydrogen (secondary N) is 3. The number of hydrogen-bond donors (Lipinski definition) is 5. The summed E-state index contributed by atoms with van der Waals surface area (Å²) in [6, 6.07) is 34.0. The zero-order valence-corrected chi connectivity index (χ0v) is 46.0. The van der Waals surface area contributed by atoms with Crippen molar-refractivity contribution in [1.29, 1.82) is 0 Å². The Kier molecular flexibility index (Phi) is 21.4. The van der Waals surface area contributed by atoms with E-state index in [-0.39, 0.29) is 63.3 Å². The van der Waals surface area contributed by atoms with Crippen molar-refractivity contribution in [2.75, 3.05) is 26.2 Å². The van der Waals surface area contributed by atoms with Gasteiger partial charge >= 0.3 is 6.09 Å². The number of rotatable bonds is 20. The normalized spacial score (nSPS) is 16.9. The van der Waals surface area contributed by atoms with Gasteiger partial charge in [-0.1, -0.05) is 72.8 Å². The molecule has 0 aliphatic carbocycles. The molecule has 18 nitrogen and oxygen atoms in total. The lowest BCUT2D eigenvalue weighted by atomic mass is 9.93. The summed E-state index contributed by atoms with van der Waals surface area (Å²) in [5, 5.41) is 31.5. The smallest absolute Gasteiger partial charge is 0.411 e. The summed E-state index contributed by atoms with van der Waals surface area (Å²) < 4.78 is 46.2. The number of halogens is 2. The van der Waals surface area contributed by atoms with Gasteiger partial charge in [-0.2, -0.15) is 0 Å². The zero-order valence-electron chi connectivity index (χ0n) is 46.0. The van der Waals surface area contributed by atoms with E-state index in [1.165, 1.54) is 43.0 Å². The van der Waals surface area contributed by atoms with E-state index >= 15 is 0 Å². The van der Waals surface area contributed by atoms with E-state index in [1.807, 2.05) is 72.8 Å². The molecule has 2 aliphatic rings. The average molecular weight is 1110 g/mol. The van der Waals surface area contributed by atoms with Crippen molar-refractivity contribution in [3.8, 4) is 11.5 Å². The Labute approximate surface area is 470 Å². The number of pyridine rings is 2. The summed E-state index contributed by atoms with van der Waals surface area (Å²) in [6.45, 7) is 10.1. The standard InChI is InChI=1S/C33H39FN4O6.C28H31FN4O4/c1-22(39)36-28(18-24-16-25(34)19-27(17-24)43-21-26-12-8-9-13-35-26)30(40)29-31(41)37(20-23-10-6-5-7-11-23)14-15-38(29)32(42)44-33(2,3)4;1-19(34)32-25(15-21-13-22(29)16-24(14-21)37-18-23-9-5-6-10-30-23)27(35)26-28(36)33(12-11-31-26)17-20-7-3-2-4-8-20/h5-13,16-17,19,28-30,40H,14-15,18,20-21H2,1-4H3,(H,36,39);2-10,13-14,16,25-27,31,35H,11-12,15,17-18H2,1H3,(H,32,34)/t28-,29-,30-;25-,26-,27-/m00/s1. The van der Waals surface area contributed by atoms with Crippen LogP contribution < -0.4 is 25.4 Å². The third-order valence-corrected chi connectivity index (χ3v) is 13.2. The van der Waals surface area contributed by atoms with Crippen LogP contribution in [0.2, 0.25) is 0 Å². The highest BCUT2D eigenvalue weighted by molar-refractivity contribution is 5.88. The van der Waals surface area contributed by atoms with E-state index in [9.17, 15) is 43.0 Å². The number of amides is 5. The van der Waals surface area contributed by atoms with Gasteiger partial charge in [-0.25, -0.2) is 13.6 Å². The number of carbonyl (C=O) groups is 5. The molecular weight excluding hydrogens is 1040 g/mol. The summed E-state index contributed by atoms with van der Waals surface area (Å²) in [6.07, 6.45) is -0.229. The monoisotopic (exact) mass is 1110 g/mol. The first-order chi connectivity index (χ1) is 38.8. The summed E-state index contributed by atoms with van der Waals surface area (Å²) in [4.78, 5) is 77.6. The maximum absolute atomic E-state index is 14.7. The van der Waals surface area contributed by atoms with Gasteiger partial charge in [-0.15, -0.1) is 0 Å². The van der Waals surface area contributed by atoms with Crippen molar-refractivity contribution < 1.29 is 57.2 Å². The number of aromatic nitrogens is 2. The molecule has 0 unspecified atom stereocenters. The molecule has 5 amide bonds. The van der Waals surface area contributed by atoms with Gasteiger partial charge in [-0.05, 0) is 104 Å². The van der Waals surface area contributed by atoms with Crippen LogP contribution in [0.25, 0.3) is 0 Å². The predicted molar refractivity (Wildman–Crippen MR) is 297 cm³/mol. The number of aliphatic hydroxyl groups is 2. The average Bonchev–Trinajstić information content (AvgIpc) is 3.44. The second kappa shape index (κ2) is 28.7. The molecule has 428 valence electrons. The van der Waals surface area contributed by atoms with Gasteiger partial charge in [0.1, 0.15) is 60.1 Å². The van der Waals surface area contributed by atoms with Crippen LogP contribution in [0.1, 0.15) is 68.3 Å². The molecule has 0 bridgehead atoms. The van der Waals surface area contributed by atoms with Gasteiger partial charge < -0.3 is 50.2 Å². The molecule has 5 N–H and O–H groups in total. The summed E-state index contributed by atoms with van der Waals surface area (Å²) >= 11 is 0. The molecule has 6 aromatic rings. The van der Waals surface area contributed by atoms with Crippen molar-refractivity contribution in [2.24, 2.45) is 0 Å². The first-order valence-electron chi connectivity index (χ1n) is 26.7. The van der Waals surface area contributed by atoms with E-state index in [0.717, 1.165) is 11.1 Å². The van der Waals surface area contributed by atoms with Crippen molar-refractivity contribution >= 4 is 29.7 Å². The molecule has 2 fully saturated rings. The molecular formula is C61H70F2N8O10. The van der Waals surface area contributed by atoms with Crippen LogP contribution in [0.4, 0.5) is 13.6 Å². The number of carbonyl (C=O) groups excluding carboxylic acids is 5. The Bertz CT molecular complexity index is 3030. The van der Waals surface area contributed by atoms with Crippen LogP contribution >= 0.6 is 0 Å². The largest absolute Gasteiger partial charge is 0.487 e. The minimum absolute atomic E-state index is 0.0525. The van der Waals surface area contributed by atoms with Crippen molar-refractivity contribution in [2.45, 2.75) is 116 Å². The van der Waals surface area contributed by atoms with Gasteiger partial charge in [0.2, 0.25) is 23.6 Å². The van der Waals surface area contributed by atoms with E-state index < -0.39 is 71.5 Å². The Morgan fingerprint density at radius 3 is 1.56 bits per heavy atom. The molecule has 0 radical (unpaired) electrons. The highest BCUT2D eigenvalue weighted by Gasteiger charge is 2.46. The van der Waals surface area contributed by atoms with Crippen molar-refractivity contribution in [1.82, 2.24) is 40.6 Å². The maximum Gasteiger partial charge on any atom is 0.411 e. The molecule has 0 spiro atoms. The van der Waals surface area contributed by atoms with Crippen molar-refractivity contribution in [3.05, 3.63) is 191 Å². The number of ether oxygens (including phenoxy) is 3. The molecule has 2 aliphatic heterocycles. The molecule has 4 heterocycles. The van der Waals surface area contributed by atoms with Gasteiger partial charge in [-0.3, -0.25) is 34.0 Å². The topological polar surface area (TPSA) is 225 Å². The molecule has 2 aromatic heterocycles. The molecule has 2 saturated heterocycles. The fourth-order valence-corrected chi connectivity index (χ4v) is 9.51. The predicted octanol–water partition coefficient (Wildman–Crippen LogP) is 6.06. The number of aliphatic hydroxyl groups excluding tert-OH is 2. The van der Waals surface area contributed by atoms with Crippen LogP contribution in [0, 0.1) is 11.6 Å². The lowest BCUT2D eigenvalue weighted by Crippen LogP contribution is -2.66. The third kappa shape index (κ3) is 18.4. The van der Waals surface area contributed by atoms with E-state index in [4.69, 9.17) is 14.2 Å². The fourth-order valence-electron chi connectivity index (χ4n) is 9.51. The molecule has 6 atom stereocenters. The van der Waals surface area contributed by atoms with Crippen LogP contribution in [-0.2, 0) is 63.1 Å². The molecule has 8 rings (SSSR count). The SMILES string of the molecule is CC(=O)N[C@@H](Cc1cc(F)cc(OCc2ccccn2)c1)[C@H](O)[C@@H]1NCCN(Cc2ccccc2)C1=O.CC(=O)N[C@@H](Cc1cc(F)cc(OCc2ccccn2)c1)[C@H](O)[C@H]1C(=O)N(Cc2ccccc2)CCN1C(=O)OC(C)(C)C. The Morgan fingerprint density at radius 2 is 1.10 bits per heavy atom. The molecule has 20 heteroatoms. The number of hydrogen-bond acceptors (Lipinski definition) is 13. The Morgan fingerprint density at radius 1 is 0.630 bits per heavy atom. The van der Waals surface area contributed by atoms with Gasteiger partial charge in [0.15, 0.2) is 0 Å². The quantitative estimate of drug-likeness (QED) is 0.0587. The van der Waals surface area contributed by atoms with Gasteiger partial charge in [0.25, 0.3) is 0 Å². The second-order valence-corrected chi connectivity index (χ2v) is 20.9. The van der Waals surface area contributed by atoms with Crippen LogP contribution in [0.3, 0.4) is 0 Å². The molecule has 0 saturated carbocycles. The number of benzene rings is 4. The van der Waals surface area contributed by atoms with E-state index in [2.05, 4.69) is 25.9 Å². The summed E-state index contributed by atoms with van der Waals surface area (Å²) in [5.74, 6) is -2.12. The Hall–Kier alpha value is -8.33. The van der Waals surface area contributed by atoms with Gasteiger partial charge in [0, 0.05) is 77.6 Å². The van der Waals surface area contributed by atoms with Crippen LogP contribution in [0.15, 0.2) is 146 Å². The second-order valence-electron chi connectivity index (χ2n) is 20.9. The van der Waals surface area contributed by atoms with Crippen molar-refractivity contribution in [3.63, 3.8) is 0 Å². The highest BCUT2D eigenvalue weighted by atomic mass is 19.1. The van der Waals surface area contributed by atoms with Gasteiger partial charge in [0.05, 0.1) is 29.6 Å². The van der Waals surface area contributed by atoms with Crippen LogP contribution in [-0.4, -0.2) is 133 Å². The Balaban J connectivity index is 0.000000237. The minimum atomic E-state index is -1.56. The maximum atomic E-state index is 14.7. The summed E-state index contributed by atoms with van der Waals surface area (Å²) in [5.41, 5.74) is 3.30. The van der Waals surface area contributed by atoms with E-state index in [1.54, 1.807) is 79.4 Å². The number of nitrogens with zero attached hydrogens (tertiary/aromatic N) is 5. The van der Waals surface area contributed by atoms with Crippen LogP contribution in [0.5, 0.6) is 11.5 Å². The molecule has 81 heavy (non-hydrogen) atoms. The first kappa shape index (κ1) is 60.3. The highest BCUT2D eigenvalue weighted by Crippen LogP contribution is 2.26. The summed E-state index contributed by atoms with van der Waals surface area (Å²) in [7, 11) is 0.